The second-order valence-electron chi connectivity index (χ2n) is 6.30. The molecule has 2 rings (SSSR count). The van der Waals surface area contributed by atoms with Gasteiger partial charge in [0.1, 0.15) is 0 Å². The Labute approximate surface area is 115 Å². The molecule has 0 bridgehead atoms. The summed E-state index contributed by atoms with van der Waals surface area (Å²) in [7, 11) is 1.35. The van der Waals surface area contributed by atoms with Gasteiger partial charge in [0.05, 0.1) is 13.2 Å². The number of esters is 1. The van der Waals surface area contributed by atoms with Gasteiger partial charge in [-0.2, -0.15) is 0 Å². The Morgan fingerprint density at radius 1 is 1.47 bits per heavy atom. The third kappa shape index (κ3) is 2.36. The Morgan fingerprint density at radius 2 is 2.16 bits per heavy atom. The van der Waals surface area contributed by atoms with Crippen molar-refractivity contribution in [2.45, 2.75) is 45.1 Å². The van der Waals surface area contributed by atoms with Crippen molar-refractivity contribution in [3.05, 3.63) is 24.3 Å². The van der Waals surface area contributed by atoms with E-state index in [4.69, 9.17) is 4.74 Å². The molecule has 3 heteroatoms. The molecule has 0 radical (unpaired) electrons. The van der Waals surface area contributed by atoms with E-state index in [0.29, 0.717) is 5.57 Å². The molecular formula is C16H24O3. The SMILES string of the molecule is C=C(C(=O)OC)C1CC[C@@]2(C)CCCC(=C)[C@@H]2[C@H]1O. The molecule has 4 atom stereocenters. The van der Waals surface area contributed by atoms with Crippen LogP contribution in [-0.2, 0) is 9.53 Å². The van der Waals surface area contributed by atoms with Crippen molar-refractivity contribution in [1.29, 1.82) is 0 Å². The normalized spacial score (nSPS) is 38.5. The molecule has 0 aromatic heterocycles. The Kier molecular flexibility index (Phi) is 3.86. The highest BCUT2D eigenvalue weighted by atomic mass is 16.5. The molecule has 0 aromatic carbocycles. The quantitative estimate of drug-likeness (QED) is 0.474. The van der Waals surface area contributed by atoms with Crippen LogP contribution < -0.4 is 0 Å². The predicted octanol–water partition coefficient (Wildman–Crippen LogP) is 2.85. The van der Waals surface area contributed by atoms with E-state index in [2.05, 4.69) is 20.1 Å². The first-order valence-electron chi connectivity index (χ1n) is 7.03. The summed E-state index contributed by atoms with van der Waals surface area (Å²) in [5.41, 5.74) is 1.65. The Bertz CT molecular complexity index is 412. The van der Waals surface area contributed by atoms with E-state index in [1.54, 1.807) is 0 Å². The average molecular weight is 264 g/mol. The molecule has 2 aliphatic carbocycles. The Morgan fingerprint density at radius 3 is 2.79 bits per heavy atom. The maximum atomic E-state index is 11.6. The van der Waals surface area contributed by atoms with Crippen LogP contribution in [0.15, 0.2) is 24.3 Å². The van der Waals surface area contributed by atoms with Gasteiger partial charge in [-0.3, -0.25) is 0 Å². The standard InChI is InChI=1S/C16H24O3/c1-10-6-5-8-16(3)9-7-12(14(17)13(10)16)11(2)15(18)19-4/h12-14,17H,1-2,5-9H2,3-4H3/t12?,13-,14+,16-/m1/s1. The Balaban J connectivity index is 2.22. The lowest BCUT2D eigenvalue weighted by Gasteiger charge is -2.51. The summed E-state index contributed by atoms with van der Waals surface area (Å²) in [5, 5.41) is 10.7. The van der Waals surface area contributed by atoms with Crippen LogP contribution in [0.1, 0.15) is 39.0 Å². The lowest BCUT2D eigenvalue weighted by Crippen LogP contribution is -2.48. The van der Waals surface area contributed by atoms with Crippen LogP contribution in [-0.4, -0.2) is 24.3 Å². The molecular weight excluding hydrogens is 240 g/mol. The van der Waals surface area contributed by atoms with Crippen LogP contribution >= 0.6 is 0 Å². The molecule has 0 amide bonds. The number of aliphatic hydroxyl groups is 1. The lowest BCUT2D eigenvalue weighted by molar-refractivity contribution is -0.138. The van der Waals surface area contributed by atoms with Gasteiger partial charge in [0.2, 0.25) is 0 Å². The smallest absolute Gasteiger partial charge is 0.333 e. The van der Waals surface area contributed by atoms with Crippen LogP contribution in [0.5, 0.6) is 0 Å². The summed E-state index contributed by atoms with van der Waals surface area (Å²) in [6, 6.07) is 0. The maximum Gasteiger partial charge on any atom is 0.333 e. The van der Waals surface area contributed by atoms with Crippen molar-refractivity contribution < 1.29 is 14.6 Å². The van der Waals surface area contributed by atoms with Crippen LogP contribution in [0.3, 0.4) is 0 Å². The lowest BCUT2D eigenvalue weighted by atomic mass is 9.55. The minimum atomic E-state index is -0.557. The van der Waals surface area contributed by atoms with E-state index in [9.17, 15) is 9.90 Å². The number of hydrogen-bond donors (Lipinski definition) is 1. The van der Waals surface area contributed by atoms with Crippen molar-refractivity contribution >= 4 is 5.97 Å². The summed E-state index contributed by atoms with van der Waals surface area (Å²) < 4.78 is 4.73. The van der Waals surface area contributed by atoms with Crippen molar-refractivity contribution in [1.82, 2.24) is 0 Å². The molecule has 0 aromatic rings. The second-order valence-corrected chi connectivity index (χ2v) is 6.30. The zero-order chi connectivity index (χ0) is 14.2. The van der Waals surface area contributed by atoms with Crippen molar-refractivity contribution in [2.24, 2.45) is 17.3 Å². The van der Waals surface area contributed by atoms with Gasteiger partial charge < -0.3 is 9.84 Å². The van der Waals surface area contributed by atoms with Crippen LogP contribution in [0, 0.1) is 17.3 Å². The van der Waals surface area contributed by atoms with Crippen LogP contribution in [0.2, 0.25) is 0 Å². The molecule has 0 heterocycles. The fraction of sp³-hybridized carbons (Fsp3) is 0.688. The molecule has 3 nitrogen and oxygen atoms in total. The van der Waals surface area contributed by atoms with Gasteiger partial charge in [-0.1, -0.05) is 25.7 Å². The number of rotatable bonds is 2. The molecule has 2 saturated carbocycles. The first kappa shape index (κ1) is 14.3. The first-order chi connectivity index (χ1) is 8.90. The van der Waals surface area contributed by atoms with Crippen LogP contribution in [0.4, 0.5) is 0 Å². The molecule has 1 unspecified atom stereocenters. The zero-order valence-electron chi connectivity index (χ0n) is 11.9. The number of hydrogen-bond acceptors (Lipinski definition) is 3. The van der Waals surface area contributed by atoms with Gasteiger partial charge in [-0.05, 0) is 37.5 Å². The number of fused-ring (bicyclic) bond motifs is 1. The first-order valence-corrected chi connectivity index (χ1v) is 7.03. The third-order valence-electron chi connectivity index (χ3n) is 5.11. The van der Waals surface area contributed by atoms with E-state index in [1.165, 1.54) is 7.11 Å². The van der Waals surface area contributed by atoms with Gasteiger partial charge in [0.25, 0.3) is 0 Å². The molecule has 0 saturated heterocycles. The number of carbonyl (C=O) groups excluding carboxylic acids is 1. The topological polar surface area (TPSA) is 46.5 Å². The summed E-state index contributed by atoms with van der Waals surface area (Å²) >= 11 is 0. The molecule has 2 fully saturated rings. The average Bonchev–Trinajstić information content (AvgIpc) is 2.37. The maximum absolute atomic E-state index is 11.6. The van der Waals surface area contributed by atoms with Gasteiger partial charge in [0.15, 0.2) is 0 Å². The number of carbonyl (C=O) groups is 1. The van der Waals surface area contributed by atoms with Gasteiger partial charge in [-0.25, -0.2) is 4.79 Å². The third-order valence-corrected chi connectivity index (χ3v) is 5.11. The number of methoxy groups -OCH3 is 1. The molecule has 0 spiro atoms. The number of aliphatic hydroxyl groups excluding tert-OH is 1. The van der Waals surface area contributed by atoms with E-state index in [0.717, 1.165) is 37.7 Å². The van der Waals surface area contributed by atoms with Gasteiger partial charge in [0, 0.05) is 17.4 Å². The van der Waals surface area contributed by atoms with Crippen molar-refractivity contribution in [2.75, 3.05) is 7.11 Å². The van der Waals surface area contributed by atoms with E-state index >= 15 is 0 Å². The monoisotopic (exact) mass is 264 g/mol. The van der Waals surface area contributed by atoms with Crippen LogP contribution in [0.25, 0.3) is 0 Å². The highest BCUT2D eigenvalue weighted by Crippen LogP contribution is 2.54. The van der Waals surface area contributed by atoms with Crippen molar-refractivity contribution in [3.63, 3.8) is 0 Å². The van der Waals surface area contributed by atoms with Gasteiger partial charge >= 0.3 is 5.97 Å². The molecule has 2 aliphatic rings. The van der Waals surface area contributed by atoms with E-state index in [1.807, 2.05) is 0 Å². The fourth-order valence-corrected chi connectivity index (χ4v) is 4.01. The molecule has 0 aliphatic heterocycles. The van der Waals surface area contributed by atoms with Gasteiger partial charge in [-0.15, -0.1) is 0 Å². The van der Waals surface area contributed by atoms with Crippen molar-refractivity contribution in [3.8, 4) is 0 Å². The van der Waals surface area contributed by atoms with E-state index < -0.39 is 12.1 Å². The number of ether oxygens (including phenoxy) is 1. The zero-order valence-corrected chi connectivity index (χ0v) is 11.9. The minimum Gasteiger partial charge on any atom is -0.466 e. The molecule has 1 N–H and O–H groups in total. The summed E-state index contributed by atoms with van der Waals surface area (Å²) in [4.78, 5) is 11.6. The molecule has 106 valence electrons. The molecule has 19 heavy (non-hydrogen) atoms. The largest absolute Gasteiger partial charge is 0.466 e. The highest BCUT2D eigenvalue weighted by molar-refractivity contribution is 5.88. The highest BCUT2D eigenvalue weighted by Gasteiger charge is 2.49. The summed E-state index contributed by atoms with van der Waals surface area (Å²) in [5.74, 6) is -0.518. The fourth-order valence-electron chi connectivity index (χ4n) is 4.01. The second kappa shape index (κ2) is 5.12. The Hall–Kier alpha value is -1.09. The predicted molar refractivity (Wildman–Crippen MR) is 74.5 cm³/mol. The minimum absolute atomic E-state index is 0.0846. The summed E-state index contributed by atoms with van der Waals surface area (Å²) in [6.07, 6.45) is 4.52. The summed E-state index contributed by atoms with van der Waals surface area (Å²) in [6.45, 7) is 10.2. The van der Waals surface area contributed by atoms with E-state index in [-0.39, 0.29) is 17.3 Å².